The lowest BCUT2D eigenvalue weighted by atomic mass is 10.0. The van der Waals surface area contributed by atoms with Crippen LogP contribution in [0.1, 0.15) is 11.1 Å². The average molecular weight is 421 g/mol. The van der Waals surface area contributed by atoms with Crippen molar-refractivity contribution in [3.05, 3.63) is 76.3 Å². The van der Waals surface area contributed by atoms with Gasteiger partial charge in [-0.25, -0.2) is 5.43 Å². The molecule has 4 nitrogen and oxygen atoms in total. The van der Waals surface area contributed by atoms with Gasteiger partial charge < -0.3 is 4.74 Å². The van der Waals surface area contributed by atoms with Crippen molar-refractivity contribution < 1.29 is 9.53 Å². The van der Waals surface area contributed by atoms with Crippen molar-refractivity contribution in [1.29, 1.82) is 0 Å². The van der Waals surface area contributed by atoms with Crippen molar-refractivity contribution in [3.8, 4) is 18.1 Å². The summed E-state index contributed by atoms with van der Waals surface area (Å²) in [5.74, 6) is 2.89. The van der Waals surface area contributed by atoms with E-state index in [9.17, 15) is 4.79 Å². The smallest absolute Gasteiger partial charge is 0.244 e. The minimum Gasteiger partial charge on any atom is -0.480 e. The first-order valence-corrected chi connectivity index (χ1v) is 9.11. The SMILES string of the molecule is C#CCOc1ccc2ccccc2c1/C=N/NC(=O)Cc1ccc(Br)cc1. The largest absolute Gasteiger partial charge is 0.480 e. The summed E-state index contributed by atoms with van der Waals surface area (Å²) in [6.45, 7) is 0.162. The van der Waals surface area contributed by atoms with E-state index in [1.807, 2.05) is 60.7 Å². The Morgan fingerprint density at radius 3 is 2.70 bits per heavy atom. The minimum absolute atomic E-state index is 0.162. The Kier molecular flexibility index (Phi) is 6.24. The summed E-state index contributed by atoms with van der Waals surface area (Å²) in [7, 11) is 0. The Bertz CT molecular complexity index is 1020. The average Bonchev–Trinajstić information content (AvgIpc) is 2.69. The van der Waals surface area contributed by atoms with Crippen LogP contribution in [0.3, 0.4) is 0 Å². The second-order valence-electron chi connectivity index (χ2n) is 5.79. The van der Waals surface area contributed by atoms with Crippen LogP contribution in [0, 0.1) is 12.3 Å². The fourth-order valence-electron chi connectivity index (χ4n) is 2.65. The summed E-state index contributed by atoms with van der Waals surface area (Å²) < 4.78 is 6.59. The van der Waals surface area contributed by atoms with E-state index in [1.165, 1.54) is 0 Å². The molecular weight excluding hydrogens is 404 g/mol. The number of rotatable bonds is 6. The Hall–Kier alpha value is -3.10. The third-order valence-corrected chi connectivity index (χ3v) is 4.43. The molecule has 0 saturated carbocycles. The van der Waals surface area contributed by atoms with Gasteiger partial charge in [0.1, 0.15) is 12.4 Å². The Labute approximate surface area is 166 Å². The number of ether oxygens (including phenoxy) is 1. The number of hydrogen-bond acceptors (Lipinski definition) is 3. The van der Waals surface area contributed by atoms with Gasteiger partial charge in [-0.3, -0.25) is 4.79 Å². The standard InChI is InChI=1S/C22H17BrN2O2/c1-2-13-27-21-12-9-17-5-3-4-6-19(17)20(21)15-24-25-22(26)14-16-7-10-18(23)11-8-16/h1,3-12,15H,13-14H2,(H,25,26)/b24-15+. The van der Waals surface area contributed by atoms with Gasteiger partial charge in [-0.1, -0.05) is 64.3 Å². The first kappa shape index (κ1) is 18.7. The summed E-state index contributed by atoms with van der Waals surface area (Å²) in [5.41, 5.74) is 4.25. The molecule has 134 valence electrons. The molecule has 1 N–H and O–H groups in total. The first-order chi connectivity index (χ1) is 13.2. The van der Waals surface area contributed by atoms with E-state index in [2.05, 4.69) is 32.4 Å². The predicted octanol–water partition coefficient (Wildman–Crippen LogP) is 4.31. The van der Waals surface area contributed by atoms with Gasteiger partial charge in [0.05, 0.1) is 12.6 Å². The molecule has 3 aromatic rings. The van der Waals surface area contributed by atoms with Crippen LogP contribution in [0.15, 0.2) is 70.2 Å². The maximum absolute atomic E-state index is 12.1. The van der Waals surface area contributed by atoms with Gasteiger partial charge in [0.25, 0.3) is 0 Å². The molecule has 0 saturated heterocycles. The molecule has 0 aliphatic rings. The van der Waals surface area contributed by atoms with E-state index < -0.39 is 0 Å². The summed E-state index contributed by atoms with van der Waals surface area (Å²) in [4.78, 5) is 12.1. The number of fused-ring (bicyclic) bond motifs is 1. The highest BCUT2D eigenvalue weighted by atomic mass is 79.9. The molecule has 0 fully saturated rings. The highest BCUT2D eigenvalue weighted by Gasteiger charge is 2.07. The van der Waals surface area contributed by atoms with Gasteiger partial charge in [-0.2, -0.15) is 5.10 Å². The molecule has 0 bridgehead atoms. The van der Waals surface area contributed by atoms with Crippen molar-refractivity contribution >= 4 is 38.8 Å². The zero-order valence-corrected chi connectivity index (χ0v) is 16.1. The Morgan fingerprint density at radius 1 is 1.15 bits per heavy atom. The topological polar surface area (TPSA) is 50.7 Å². The maximum Gasteiger partial charge on any atom is 0.244 e. The molecule has 5 heteroatoms. The van der Waals surface area contributed by atoms with Gasteiger partial charge in [-0.15, -0.1) is 6.42 Å². The monoisotopic (exact) mass is 420 g/mol. The van der Waals surface area contributed by atoms with Crippen molar-refractivity contribution in [2.45, 2.75) is 6.42 Å². The molecule has 0 aromatic heterocycles. The van der Waals surface area contributed by atoms with Crippen LogP contribution in [0.2, 0.25) is 0 Å². The van der Waals surface area contributed by atoms with Crippen LogP contribution in [-0.2, 0) is 11.2 Å². The number of nitrogens with one attached hydrogen (secondary N) is 1. The normalized spacial score (nSPS) is 10.7. The van der Waals surface area contributed by atoms with Gasteiger partial charge >= 0.3 is 0 Å². The van der Waals surface area contributed by atoms with Crippen LogP contribution in [0.4, 0.5) is 0 Å². The lowest BCUT2D eigenvalue weighted by molar-refractivity contribution is -0.120. The number of benzene rings is 3. The molecule has 0 aliphatic carbocycles. The zero-order chi connectivity index (χ0) is 19.1. The number of amides is 1. The maximum atomic E-state index is 12.1. The lowest BCUT2D eigenvalue weighted by Gasteiger charge is -2.09. The van der Waals surface area contributed by atoms with E-state index in [1.54, 1.807) is 6.21 Å². The molecule has 3 rings (SSSR count). The molecule has 0 unspecified atom stereocenters. The minimum atomic E-state index is -0.195. The number of hydrogen-bond donors (Lipinski definition) is 1. The molecule has 0 heterocycles. The number of hydrazone groups is 1. The summed E-state index contributed by atoms with van der Waals surface area (Å²) >= 11 is 3.38. The Morgan fingerprint density at radius 2 is 1.93 bits per heavy atom. The number of terminal acetylenes is 1. The van der Waals surface area contributed by atoms with Gasteiger partial charge in [-0.05, 0) is 34.5 Å². The fraction of sp³-hybridized carbons (Fsp3) is 0.0909. The molecule has 3 aromatic carbocycles. The quantitative estimate of drug-likeness (QED) is 0.367. The van der Waals surface area contributed by atoms with Crippen LogP contribution < -0.4 is 10.2 Å². The van der Waals surface area contributed by atoms with Crippen molar-refractivity contribution in [2.75, 3.05) is 6.61 Å². The molecule has 0 aliphatic heterocycles. The van der Waals surface area contributed by atoms with Crippen LogP contribution in [0.25, 0.3) is 10.8 Å². The molecule has 1 amide bonds. The van der Waals surface area contributed by atoms with E-state index >= 15 is 0 Å². The number of carbonyl (C=O) groups is 1. The number of carbonyl (C=O) groups excluding carboxylic acids is 1. The van der Waals surface area contributed by atoms with E-state index in [0.29, 0.717) is 5.75 Å². The molecule has 0 radical (unpaired) electrons. The van der Waals surface area contributed by atoms with E-state index in [4.69, 9.17) is 11.2 Å². The molecule has 0 spiro atoms. The number of nitrogens with zero attached hydrogens (tertiary/aromatic N) is 1. The van der Waals surface area contributed by atoms with Crippen LogP contribution >= 0.6 is 15.9 Å². The fourth-order valence-corrected chi connectivity index (χ4v) is 2.91. The first-order valence-electron chi connectivity index (χ1n) is 8.32. The summed E-state index contributed by atoms with van der Waals surface area (Å²) in [6, 6.07) is 19.3. The second-order valence-corrected chi connectivity index (χ2v) is 6.70. The van der Waals surface area contributed by atoms with Crippen molar-refractivity contribution in [3.63, 3.8) is 0 Å². The van der Waals surface area contributed by atoms with Crippen molar-refractivity contribution in [2.24, 2.45) is 5.10 Å². The van der Waals surface area contributed by atoms with Crippen molar-refractivity contribution in [1.82, 2.24) is 5.43 Å². The van der Waals surface area contributed by atoms with Crippen LogP contribution in [0.5, 0.6) is 5.75 Å². The van der Waals surface area contributed by atoms with Gasteiger partial charge in [0.15, 0.2) is 0 Å². The predicted molar refractivity (Wildman–Crippen MR) is 112 cm³/mol. The summed E-state index contributed by atoms with van der Waals surface area (Å²) in [6.07, 6.45) is 7.13. The van der Waals surface area contributed by atoms with Gasteiger partial charge in [0.2, 0.25) is 5.91 Å². The molecule has 0 atom stereocenters. The van der Waals surface area contributed by atoms with E-state index in [-0.39, 0.29) is 18.9 Å². The second kappa shape index (κ2) is 9.02. The van der Waals surface area contributed by atoms with E-state index in [0.717, 1.165) is 26.4 Å². The zero-order valence-electron chi connectivity index (χ0n) is 14.5. The third kappa shape index (κ3) is 4.96. The third-order valence-electron chi connectivity index (χ3n) is 3.90. The number of halogens is 1. The lowest BCUT2D eigenvalue weighted by Crippen LogP contribution is -2.19. The molecule has 27 heavy (non-hydrogen) atoms. The molecular formula is C22H17BrN2O2. The highest BCUT2D eigenvalue weighted by Crippen LogP contribution is 2.26. The summed E-state index contributed by atoms with van der Waals surface area (Å²) in [5, 5.41) is 6.13. The van der Waals surface area contributed by atoms with Gasteiger partial charge in [0, 0.05) is 10.0 Å². The van der Waals surface area contributed by atoms with Crippen LogP contribution in [-0.4, -0.2) is 18.7 Å². The highest BCUT2D eigenvalue weighted by molar-refractivity contribution is 9.10. The Balaban J connectivity index is 1.77.